The molecule has 2 atom stereocenters. The normalized spacial score (nSPS) is 18.0. The average molecular weight is 691 g/mol. The Bertz CT molecular complexity index is 2030. The molecule has 1 saturated carbocycles. The second kappa shape index (κ2) is 13.8. The highest BCUT2D eigenvalue weighted by Crippen LogP contribution is 2.39. The summed E-state index contributed by atoms with van der Waals surface area (Å²) >= 11 is 0. The first-order chi connectivity index (χ1) is 23.1. The smallest absolute Gasteiger partial charge is 0.331 e. The summed E-state index contributed by atoms with van der Waals surface area (Å²) in [5, 5.41) is 6.52. The topological polar surface area (TPSA) is 157 Å². The van der Waals surface area contributed by atoms with Gasteiger partial charge in [0.1, 0.15) is 23.2 Å². The van der Waals surface area contributed by atoms with Gasteiger partial charge in [-0.05, 0) is 66.0 Å². The molecule has 2 heterocycles. The van der Waals surface area contributed by atoms with Crippen LogP contribution in [0.2, 0.25) is 0 Å². The number of hydrogen-bond donors (Lipinski definition) is 3. The van der Waals surface area contributed by atoms with Gasteiger partial charge in [0.05, 0.1) is 31.3 Å². The van der Waals surface area contributed by atoms with E-state index in [2.05, 4.69) is 49.9 Å². The Hall–Kier alpha value is -5.03. The minimum atomic E-state index is -3.74. The van der Waals surface area contributed by atoms with Crippen LogP contribution in [0.5, 0.6) is 11.5 Å². The number of benzene rings is 2. The molecule has 0 aliphatic heterocycles. The molecule has 2 aromatic carbocycles. The zero-order valence-corrected chi connectivity index (χ0v) is 29.5. The SMILES string of the molecule is [C-]#[N+]c1cn2[nH]c(-c3ccc(OC)c(Nc4cc(C(C)(C)C)ccc4OCC(=O)NS(C)(=O)=O)c3)nc2c1C(=O)OC1C(C)CCCC1C. The van der Waals surface area contributed by atoms with Gasteiger partial charge in [-0.15, -0.1) is 0 Å². The summed E-state index contributed by atoms with van der Waals surface area (Å²) in [6, 6.07) is 10.9. The molecule has 13 nitrogen and oxygen atoms in total. The van der Waals surface area contributed by atoms with Crippen LogP contribution in [0.3, 0.4) is 0 Å². The number of aromatic amines is 1. The standard InChI is InChI=1S/C35H42N6O7S/c1-20-10-9-11-21(2)31(20)48-34(43)30-26(36-6)18-41-33(30)38-32(39-41)22-12-14-27(46-7)24(16-22)37-25-17-23(35(3,4)5)13-15-28(25)47-19-29(42)40-49(8,44)45/h12-18,20-21,31,37H,9-11,19H2,1-5,7-8H3,(H,38,39)(H,40,42). The number of esters is 1. The summed E-state index contributed by atoms with van der Waals surface area (Å²) in [4.78, 5) is 34.0. The number of aromatic nitrogens is 3. The Labute approximate surface area is 286 Å². The number of fused-ring (bicyclic) bond motifs is 1. The highest BCUT2D eigenvalue weighted by molar-refractivity contribution is 7.89. The van der Waals surface area contributed by atoms with Gasteiger partial charge in [0.2, 0.25) is 15.7 Å². The quantitative estimate of drug-likeness (QED) is 0.127. The lowest BCUT2D eigenvalue weighted by atomic mass is 9.80. The molecule has 49 heavy (non-hydrogen) atoms. The van der Waals surface area contributed by atoms with E-state index >= 15 is 0 Å². The van der Waals surface area contributed by atoms with Gasteiger partial charge in [-0.25, -0.2) is 23.0 Å². The van der Waals surface area contributed by atoms with Crippen molar-refractivity contribution < 1.29 is 32.2 Å². The van der Waals surface area contributed by atoms with Crippen molar-refractivity contribution >= 4 is 44.6 Å². The van der Waals surface area contributed by atoms with Gasteiger partial charge in [-0.3, -0.25) is 19.1 Å². The monoisotopic (exact) mass is 690 g/mol. The lowest BCUT2D eigenvalue weighted by Crippen LogP contribution is -2.34. The molecule has 14 heteroatoms. The van der Waals surface area contributed by atoms with Crippen molar-refractivity contribution in [1.82, 2.24) is 19.3 Å². The Balaban J connectivity index is 1.48. The Morgan fingerprint density at radius 2 is 1.76 bits per heavy atom. The van der Waals surface area contributed by atoms with Gasteiger partial charge in [0, 0.05) is 11.8 Å². The molecule has 0 bridgehead atoms. The fourth-order valence-electron chi connectivity index (χ4n) is 6.10. The molecule has 4 aromatic rings. The molecular formula is C35H42N6O7S. The van der Waals surface area contributed by atoms with E-state index in [4.69, 9.17) is 25.8 Å². The maximum atomic E-state index is 13.5. The van der Waals surface area contributed by atoms with Crippen molar-refractivity contribution in [3.63, 3.8) is 0 Å². The van der Waals surface area contributed by atoms with Crippen LogP contribution in [0.1, 0.15) is 69.8 Å². The number of ether oxygens (including phenoxy) is 3. The highest BCUT2D eigenvalue weighted by atomic mass is 32.2. The van der Waals surface area contributed by atoms with E-state index in [0.717, 1.165) is 31.1 Å². The van der Waals surface area contributed by atoms with E-state index in [0.29, 0.717) is 34.3 Å². The fraction of sp³-hybridized carbons (Fsp3) is 0.429. The first kappa shape index (κ1) is 35.3. The van der Waals surface area contributed by atoms with Gasteiger partial charge < -0.3 is 19.5 Å². The lowest BCUT2D eigenvalue weighted by molar-refractivity contribution is -0.121. The minimum Gasteiger partial charge on any atom is -0.495 e. The Morgan fingerprint density at radius 1 is 1.08 bits per heavy atom. The summed E-state index contributed by atoms with van der Waals surface area (Å²) < 4.78 is 43.9. The van der Waals surface area contributed by atoms with Crippen LogP contribution < -0.4 is 19.5 Å². The number of sulfonamides is 1. The third-order valence-electron chi connectivity index (χ3n) is 8.66. The number of methoxy groups -OCH3 is 1. The number of hydrogen-bond acceptors (Lipinski definition) is 9. The average Bonchev–Trinajstić information content (AvgIpc) is 3.59. The molecule has 0 radical (unpaired) electrons. The first-order valence-electron chi connectivity index (χ1n) is 16.0. The van der Waals surface area contributed by atoms with Crippen molar-refractivity contribution in [3.8, 4) is 22.9 Å². The summed E-state index contributed by atoms with van der Waals surface area (Å²) in [5.41, 5.74) is 3.02. The minimum absolute atomic E-state index is 0.120. The fourth-order valence-corrected chi connectivity index (χ4v) is 6.57. The van der Waals surface area contributed by atoms with E-state index in [1.165, 1.54) is 13.3 Å². The van der Waals surface area contributed by atoms with E-state index in [9.17, 15) is 18.0 Å². The molecule has 5 rings (SSSR count). The zero-order valence-electron chi connectivity index (χ0n) is 28.7. The molecule has 1 amide bonds. The number of nitrogens with zero attached hydrogens (tertiary/aromatic N) is 3. The van der Waals surface area contributed by atoms with Crippen LogP contribution in [-0.4, -0.2) is 61.0 Å². The molecule has 2 unspecified atom stereocenters. The largest absolute Gasteiger partial charge is 0.495 e. The number of carbonyl (C=O) groups is 2. The molecule has 1 aliphatic carbocycles. The van der Waals surface area contributed by atoms with E-state index in [-0.39, 0.29) is 40.3 Å². The van der Waals surface area contributed by atoms with Crippen molar-refractivity contribution in [2.45, 2.75) is 65.4 Å². The molecule has 0 spiro atoms. The van der Waals surface area contributed by atoms with Gasteiger partial charge >= 0.3 is 5.97 Å². The molecule has 1 fully saturated rings. The predicted octanol–water partition coefficient (Wildman–Crippen LogP) is 6.37. The molecule has 1 aliphatic rings. The highest BCUT2D eigenvalue weighted by Gasteiger charge is 2.33. The summed E-state index contributed by atoms with van der Waals surface area (Å²) in [7, 11) is -2.21. The van der Waals surface area contributed by atoms with Gasteiger partial charge in [-0.2, -0.15) is 0 Å². The van der Waals surface area contributed by atoms with Crippen LogP contribution in [0.15, 0.2) is 42.6 Å². The molecule has 2 aromatic heterocycles. The van der Waals surface area contributed by atoms with Gasteiger partial charge in [0.15, 0.2) is 18.1 Å². The Kier molecular flexibility index (Phi) is 9.96. The number of amides is 1. The summed E-state index contributed by atoms with van der Waals surface area (Å²) in [6.45, 7) is 17.5. The predicted molar refractivity (Wildman–Crippen MR) is 186 cm³/mol. The van der Waals surface area contributed by atoms with Crippen LogP contribution in [0, 0.1) is 18.4 Å². The maximum Gasteiger partial charge on any atom is 0.331 e. The second-order valence-electron chi connectivity index (χ2n) is 13.6. The molecule has 3 N–H and O–H groups in total. The first-order valence-corrected chi connectivity index (χ1v) is 17.9. The number of rotatable bonds is 10. The van der Waals surface area contributed by atoms with Crippen molar-refractivity contribution in [2.24, 2.45) is 11.8 Å². The zero-order chi connectivity index (χ0) is 35.7. The third kappa shape index (κ3) is 8.00. The number of nitrogens with one attached hydrogen (secondary N) is 3. The number of anilines is 2. The second-order valence-corrected chi connectivity index (χ2v) is 15.4. The Morgan fingerprint density at radius 3 is 2.39 bits per heavy atom. The van der Waals surface area contributed by atoms with Gasteiger partial charge in [-0.1, -0.05) is 47.1 Å². The van der Waals surface area contributed by atoms with Crippen LogP contribution in [-0.2, 0) is 25.0 Å². The van der Waals surface area contributed by atoms with Gasteiger partial charge in [0.25, 0.3) is 5.91 Å². The lowest BCUT2D eigenvalue weighted by Gasteiger charge is -2.33. The number of carbonyl (C=O) groups excluding carboxylic acids is 2. The molecule has 260 valence electrons. The van der Waals surface area contributed by atoms with Crippen molar-refractivity contribution in [2.75, 3.05) is 25.3 Å². The van der Waals surface area contributed by atoms with E-state index in [1.54, 1.807) is 28.8 Å². The summed E-state index contributed by atoms with van der Waals surface area (Å²) in [5.74, 6) is 0.318. The molecule has 0 saturated heterocycles. The van der Waals surface area contributed by atoms with Crippen LogP contribution in [0.4, 0.5) is 17.1 Å². The third-order valence-corrected chi connectivity index (χ3v) is 9.26. The van der Waals surface area contributed by atoms with Crippen LogP contribution in [0.25, 0.3) is 21.9 Å². The van der Waals surface area contributed by atoms with Crippen LogP contribution >= 0.6 is 0 Å². The van der Waals surface area contributed by atoms with E-state index < -0.39 is 28.5 Å². The summed E-state index contributed by atoms with van der Waals surface area (Å²) in [6.07, 6.45) is 5.26. The number of H-pyrrole nitrogens is 1. The maximum absolute atomic E-state index is 13.5. The molecular weight excluding hydrogens is 648 g/mol. The van der Waals surface area contributed by atoms with Crippen molar-refractivity contribution in [1.29, 1.82) is 0 Å². The van der Waals surface area contributed by atoms with E-state index in [1.807, 2.05) is 16.9 Å². The van der Waals surface area contributed by atoms with Crippen molar-refractivity contribution in [3.05, 3.63) is 65.1 Å².